The summed E-state index contributed by atoms with van der Waals surface area (Å²) in [7, 11) is -0.989. The Balaban J connectivity index is 0.00000529. The number of halogens is 1. The van der Waals surface area contributed by atoms with Crippen molar-refractivity contribution in [2.45, 2.75) is 39.0 Å². The van der Waals surface area contributed by atoms with Crippen LogP contribution in [-0.2, 0) is 10.0 Å². The third-order valence-corrected chi connectivity index (χ3v) is 5.87. The zero-order valence-electron chi connectivity index (χ0n) is 15.0. The highest BCUT2D eigenvalue weighted by Crippen LogP contribution is 2.12. The molecule has 0 aliphatic carbocycles. The first-order chi connectivity index (χ1) is 11.0. The molecule has 1 rings (SSSR count). The minimum absolute atomic E-state index is 0. The van der Waals surface area contributed by atoms with Crippen molar-refractivity contribution in [1.29, 1.82) is 0 Å². The average molecular weight is 472 g/mol. The maximum Gasteiger partial charge on any atom is 0.214 e. The van der Waals surface area contributed by atoms with Gasteiger partial charge in [0.2, 0.25) is 10.0 Å². The molecule has 0 unspecified atom stereocenters. The van der Waals surface area contributed by atoms with Crippen LogP contribution in [0.15, 0.2) is 17.6 Å². The van der Waals surface area contributed by atoms with Gasteiger partial charge in [-0.1, -0.05) is 12.5 Å². The first kappa shape index (κ1) is 23.6. The van der Waals surface area contributed by atoms with Crippen LogP contribution in [0.4, 0.5) is 0 Å². The second kappa shape index (κ2) is 12.9. The van der Waals surface area contributed by atoms with E-state index in [9.17, 15) is 8.42 Å². The van der Waals surface area contributed by atoms with Crippen molar-refractivity contribution < 1.29 is 8.42 Å². The summed E-state index contributed by atoms with van der Waals surface area (Å²) in [6.07, 6.45) is 7.25. The van der Waals surface area contributed by atoms with Gasteiger partial charge in [-0.25, -0.2) is 12.7 Å². The van der Waals surface area contributed by atoms with Crippen LogP contribution in [0.2, 0.25) is 0 Å². The molecule has 0 bridgehead atoms. The van der Waals surface area contributed by atoms with Crippen LogP contribution in [0.25, 0.3) is 0 Å². The number of sulfonamides is 1. The number of allylic oxidation sites excluding steroid dienone is 1. The third-order valence-electron chi connectivity index (χ3n) is 3.91. The van der Waals surface area contributed by atoms with Gasteiger partial charge in [0.1, 0.15) is 0 Å². The van der Waals surface area contributed by atoms with E-state index in [1.165, 1.54) is 12.8 Å². The second-order valence-electron chi connectivity index (χ2n) is 5.86. The summed E-state index contributed by atoms with van der Waals surface area (Å²) in [5, 5.41) is 3.27. The molecule has 0 saturated carbocycles. The molecule has 1 aliphatic rings. The van der Waals surface area contributed by atoms with Crippen molar-refractivity contribution in [1.82, 2.24) is 14.5 Å². The van der Waals surface area contributed by atoms with Crippen molar-refractivity contribution >= 4 is 40.0 Å². The average Bonchev–Trinajstić information content (AvgIpc) is 2.85. The Morgan fingerprint density at radius 3 is 2.71 bits per heavy atom. The predicted octanol–water partition coefficient (Wildman–Crippen LogP) is 2.28. The highest BCUT2D eigenvalue weighted by molar-refractivity contribution is 14.0. The Hall–Kier alpha value is -0.350. The molecule has 1 fully saturated rings. The van der Waals surface area contributed by atoms with E-state index in [0.717, 1.165) is 38.3 Å². The lowest BCUT2D eigenvalue weighted by atomic mass is 10.2. The zero-order chi connectivity index (χ0) is 17.1. The molecule has 1 aliphatic heterocycles. The lowest BCUT2D eigenvalue weighted by molar-refractivity contribution is 0.440. The Morgan fingerprint density at radius 1 is 1.38 bits per heavy atom. The second-order valence-corrected chi connectivity index (χ2v) is 7.95. The molecule has 8 heteroatoms. The molecule has 1 saturated heterocycles. The molecule has 1 N–H and O–H groups in total. The standard InChI is InChI=1S/C16H32N4O2S.HI/c1-4-6-7-8-9-12-19(3)16(17-5-2)18-11-14-20-13-10-15-23(20,21)22;/h4H,1,5-15H2,2-3H3,(H,17,18);1H. The largest absolute Gasteiger partial charge is 0.357 e. The number of hydrogen-bond donors (Lipinski definition) is 1. The van der Waals surface area contributed by atoms with Crippen molar-refractivity contribution in [2.75, 3.05) is 45.5 Å². The number of nitrogens with one attached hydrogen (secondary N) is 1. The van der Waals surface area contributed by atoms with Gasteiger partial charge < -0.3 is 10.2 Å². The van der Waals surface area contributed by atoms with Gasteiger partial charge in [0.05, 0.1) is 12.3 Å². The van der Waals surface area contributed by atoms with Crippen molar-refractivity contribution in [3.63, 3.8) is 0 Å². The van der Waals surface area contributed by atoms with Crippen LogP contribution in [-0.4, -0.2) is 69.1 Å². The van der Waals surface area contributed by atoms with E-state index >= 15 is 0 Å². The van der Waals surface area contributed by atoms with Crippen LogP contribution in [0.1, 0.15) is 39.0 Å². The number of nitrogens with zero attached hydrogens (tertiary/aromatic N) is 3. The number of rotatable bonds is 10. The van der Waals surface area contributed by atoms with Gasteiger partial charge in [0, 0.05) is 33.2 Å². The summed E-state index contributed by atoms with van der Waals surface area (Å²) >= 11 is 0. The first-order valence-electron chi connectivity index (χ1n) is 8.59. The fraction of sp³-hybridized carbons (Fsp3) is 0.812. The lowest BCUT2D eigenvalue weighted by Crippen LogP contribution is -2.40. The fourth-order valence-corrected chi connectivity index (χ4v) is 4.12. The molecule has 0 spiro atoms. The number of unbranched alkanes of at least 4 members (excludes halogenated alkanes) is 3. The third kappa shape index (κ3) is 8.66. The zero-order valence-corrected chi connectivity index (χ0v) is 18.2. The normalized spacial score (nSPS) is 17.3. The molecule has 0 aromatic carbocycles. The van der Waals surface area contributed by atoms with Gasteiger partial charge in [-0.05, 0) is 32.6 Å². The minimum Gasteiger partial charge on any atom is -0.357 e. The van der Waals surface area contributed by atoms with Crippen LogP contribution >= 0.6 is 24.0 Å². The maximum atomic E-state index is 11.8. The van der Waals surface area contributed by atoms with E-state index in [0.29, 0.717) is 19.6 Å². The van der Waals surface area contributed by atoms with Gasteiger partial charge in [-0.15, -0.1) is 30.6 Å². The summed E-state index contributed by atoms with van der Waals surface area (Å²) in [5.41, 5.74) is 0. The van der Waals surface area contributed by atoms with Crippen LogP contribution in [0.5, 0.6) is 0 Å². The van der Waals surface area contributed by atoms with Gasteiger partial charge in [-0.2, -0.15) is 0 Å². The Morgan fingerprint density at radius 2 is 2.12 bits per heavy atom. The van der Waals surface area contributed by atoms with Crippen LogP contribution in [0, 0.1) is 0 Å². The first-order valence-corrected chi connectivity index (χ1v) is 10.2. The van der Waals surface area contributed by atoms with E-state index in [4.69, 9.17) is 0 Å². The molecule has 24 heavy (non-hydrogen) atoms. The van der Waals surface area contributed by atoms with E-state index < -0.39 is 10.0 Å². The van der Waals surface area contributed by atoms with Crippen LogP contribution < -0.4 is 5.32 Å². The van der Waals surface area contributed by atoms with Gasteiger partial charge in [0.25, 0.3) is 0 Å². The number of aliphatic imine (C=N–C) groups is 1. The van der Waals surface area contributed by atoms with E-state index in [1.54, 1.807) is 4.31 Å². The number of guanidine groups is 1. The SMILES string of the molecule is C=CCCCCCN(C)C(=NCCN1CCCS1(=O)=O)NCC.I. The molecule has 0 atom stereocenters. The quantitative estimate of drug-likeness (QED) is 0.174. The summed E-state index contributed by atoms with van der Waals surface area (Å²) in [4.78, 5) is 6.69. The van der Waals surface area contributed by atoms with E-state index in [1.807, 2.05) is 20.0 Å². The summed E-state index contributed by atoms with van der Waals surface area (Å²) in [6.45, 7) is 9.14. The predicted molar refractivity (Wildman–Crippen MR) is 113 cm³/mol. The molecule has 0 radical (unpaired) electrons. The highest BCUT2D eigenvalue weighted by atomic mass is 127. The van der Waals surface area contributed by atoms with E-state index in [2.05, 4.69) is 21.8 Å². The molecular formula is C16H33IN4O2S. The molecule has 0 amide bonds. The lowest BCUT2D eigenvalue weighted by Gasteiger charge is -2.22. The monoisotopic (exact) mass is 472 g/mol. The molecule has 1 heterocycles. The van der Waals surface area contributed by atoms with Crippen LogP contribution in [0.3, 0.4) is 0 Å². The summed E-state index contributed by atoms with van der Waals surface area (Å²) in [5.74, 6) is 1.13. The Bertz CT molecular complexity index is 482. The van der Waals surface area contributed by atoms with Gasteiger partial charge in [0.15, 0.2) is 5.96 Å². The summed E-state index contributed by atoms with van der Waals surface area (Å²) < 4.78 is 25.1. The minimum atomic E-state index is -3.02. The van der Waals surface area contributed by atoms with Crippen molar-refractivity contribution in [2.24, 2.45) is 4.99 Å². The fourth-order valence-electron chi connectivity index (χ4n) is 2.60. The van der Waals surface area contributed by atoms with Gasteiger partial charge >= 0.3 is 0 Å². The Labute approximate surface area is 164 Å². The highest BCUT2D eigenvalue weighted by Gasteiger charge is 2.27. The maximum absolute atomic E-state index is 11.8. The smallest absolute Gasteiger partial charge is 0.214 e. The van der Waals surface area contributed by atoms with Gasteiger partial charge in [-0.3, -0.25) is 4.99 Å². The number of hydrogen-bond acceptors (Lipinski definition) is 3. The molecule has 6 nitrogen and oxygen atoms in total. The molecular weight excluding hydrogens is 439 g/mol. The topological polar surface area (TPSA) is 65.0 Å². The molecule has 0 aromatic heterocycles. The molecule has 0 aromatic rings. The summed E-state index contributed by atoms with van der Waals surface area (Å²) in [6, 6.07) is 0. The van der Waals surface area contributed by atoms with Crippen molar-refractivity contribution in [3.05, 3.63) is 12.7 Å². The van der Waals surface area contributed by atoms with Crippen molar-refractivity contribution in [3.8, 4) is 0 Å². The Kier molecular flexibility index (Phi) is 12.7. The molecule has 142 valence electrons. The van der Waals surface area contributed by atoms with E-state index in [-0.39, 0.29) is 29.7 Å².